The van der Waals surface area contributed by atoms with Gasteiger partial charge in [-0.2, -0.15) is 0 Å². The third-order valence-electron chi connectivity index (χ3n) is 3.39. The van der Waals surface area contributed by atoms with Gasteiger partial charge in [-0.3, -0.25) is 4.79 Å². The standard InChI is InChI=1S/C13H20N2O/c1-2-3-9-15-12-6-4-5-11(14)10(12)7-8-13(15)16/h7-8,11H,2-6,9,14H2,1H3. The first-order chi connectivity index (χ1) is 7.74. The quantitative estimate of drug-likeness (QED) is 0.846. The van der Waals surface area contributed by atoms with Crippen molar-refractivity contribution in [3.8, 4) is 0 Å². The zero-order chi connectivity index (χ0) is 11.5. The zero-order valence-electron chi connectivity index (χ0n) is 9.91. The van der Waals surface area contributed by atoms with E-state index in [-0.39, 0.29) is 11.6 Å². The van der Waals surface area contributed by atoms with Gasteiger partial charge >= 0.3 is 0 Å². The second-order valence-corrected chi connectivity index (χ2v) is 4.58. The molecular formula is C13H20N2O. The average molecular weight is 220 g/mol. The number of unbranched alkanes of at least 4 members (excludes halogenated alkanes) is 1. The Hall–Kier alpha value is -1.09. The summed E-state index contributed by atoms with van der Waals surface area (Å²) >= 11 is 0. The van der Waals surface area contributed by atoms with Gasteiger partial charge < -0.3 is 10.3 Å². The van der Waals surface area contributed by atoms with E-state index < -0.39 is 0 Å². The number of rotatable bonds is 3. The molecule has 1 unspecified atom stereocenters. The van der Waals surface area contributed by atoms with Crippen molar-refractivity contribution in [3.05, 3.63) is 33.7 Å². The lowest BCUT2D eigenvalue weighted by Gasteiger charge is -2.25. The first kappa shape index (κ1) is 11.4. The smallest absolute Gasteiger partial charge is 0.250 e. The van der Waals surface area contributed by atoms with Gasteiger partial charge in [-0.1, -0.05) is 19.4 Å². The maximum atomic E-state index is 11.8. The second-order valence-electron chi connectivity index (χ2n) is 4.58. The predicted octanol–water partition coefficient (Wildman–Crippen LogP) is 1.98. The van der Waals surface area contributed by atoms with Crippen LogP contribution in [-0.2, 0) is 13.0 Å². The lowest BCUT2D eigenvalue weighted by atomic mass is 9.91. The van der Waals surface area contributed by atoms with Crippen molar-refractivity contribution in [2.24, 2.45) is 5.73 Å². The van der Waals surface area contributed by atoms with Crippen molar-refractivity contribution < 1.29 is 0 Å². The fraction of sp³-hybridized carbons (Fsp3) is 0.615. The van der Waals surface area contributed by atoms with Gasteiger partial charge in [-0.15, -0.1) is 0 Å². The van der Waals surface area contributed by atoms with Gasteiger partial charge in [0.1, 0.15) is 0 Å². The zero-order valence-corrected chi connectivity index (χ0v) is 9.91. The Labute approximate surface area is 96.3 Å². The minimum atomic E-state index is 0.122. The Morgan fingerprint density at radius 1 is 1.50 bits per heavy atom. The van der Waals surface area contributed by atoms with E-state index in [0.717, 1.165) is 38.6 Å². The lowest BCUT2D eigenvalue weighted by molar-refractivity contribution is 0.507. The largest absolute Gasteiger partial charge is 0.324 e. The van der Waals surface area contributed by atoms with Gasteiger partial charge in [0, 0.05) is 24.3 Å². The molecule has 0 aliphatic heterocycles. The van der Waals surface area contributed by atoms with Crippen molar-refractivity contribution >= 4 is 0 Å². The molecule has 0 amide bonds. The number of aromatic nitrogens is 1. The predicted molar refractivity (Wildman–Crippen MR) is 65.5 cm³/mol. The highest BCUT2D eigenvalue weighted by molar-refractivity contribution is 5.27. The SMILES string of the molecule is CCCCn1c2c(ccc1=O)C(N)CCC2. The summed E-state index contributed by atoms with van der Waals surface area (Å²) in [5.74, 6) is 0. The molecule has 0 radical (unpaired) electrons. The lowest BCUT2D eigenvalue weighted by Crippen LogP contribution is -2.29. The topological polar surface area (TPSA) is 48.0 Å². The Morgan fingerprint density at radius 3 is 3.06 bits per heavy atom. The van der Waals surface area contributed by atoms with E-state index in [0.29, 0.717) is 0 Å². The summed E-state index contributed by atoms with van der Waals surface area (Å²) < 4.78 is 1.93. The fourth-order valence-electron chi connectivity index (χ4n) is 2.46. The molecule has 0 aromatic carbocycles. The summed E-state index contributed by atoms with van der Waals surface area (Å²) in [5, 5.41) is 0. The van der Waals surface area contributed by atoms with Gasteiger partial charge in [-0.05, 0) is 31.2 Å². The van der Waals surface area contributed by atoms with Crippen molar-refractivity contribution in [1.29, 1.82) is 0 Å². The molecule has 2 rings (SSSR count). The Bertz CT molecular complexity index is 422. The molecule has 0 saturated heterocycles. The molecule has 1 aliphatic rings. The van der Waals surface area contributed by atoms with Gasteiger partial charge in [0.15, 0.2) is 0 Å². The van der Waals surface area contributed by atoms with Crippen molar-refractivity contribution in [1.82, 2.24) is 4.57 Å². The molecule has 1 aliphatic carbocycles. The minimum absolute atomic E-state index is 0.122. The molecule has 16 heavy (non-hydrogen) atoms. The van der Waals surface area contributed by atoms with Crippen LogP contribution < -0.4 is 11.3 Å². The molecule has 3 nitrogen and oxygen atoms in total. The summed E-state index contributed by atoms with van der Waals surface area (Å²) in [4.78, 5) is 11.8. The van der Waals surface area contributed by atoms with Gasteiger partial charge in [0.2, 0.25) is 0 Å². The highest BCUT2D eigenvalue weighted by Gasteiger charge is 2.19. The number of hydrogen-bond donors (Lipinski definition) is 1. The minimum Gasteiger partial charge on any atom is -0.324 e. The number of nitrogens with two attached hydrogens (primary N) is 1. The normalized spacial score (nSPS) is 19.5. The van der Waals surface area contributed by atoms with Crippen LogP contribution in [0, 0.1) is 0 Å². The Balaban J connectivity index is 2.42. The molecule has 0 spiro atoms. The van der Waals surface area contributed by atoms with Crippen LogP contribution in [0.4, 0.5) is 0 Å². The average Bonchev–Trinajstić information content (AvgIpc) is 2.28. The number of pyridine rings is 1. The molecule has 2 N–H and O–H groups in total. The van der Waals surface area contributed by atoms with Crippen LogP contribution in [0.5, 0.6) is 0 Å². The van der Waals surface area contributed by atoms with Crippen LogP contribution >= 0.6 is 0 Å². The van der Waals surface area contributed by atoms with E-state index in [2.05, 4.69) is 6.92 Å². The van der Waals surface area contributed by atoms with Gasteiger partial charge in [-0.25, -0.2) is 0 Å². The Kier molecular flexibility index (Phi) is 3.44. The van der Waals surface area contributed by atoms with Crippen LogP contribution in [0.2, 0.25) is 0 Å². The monoisotopic (exact) mass is 220 g/mol. The summed E-state index contributed by atoms with van der Waals surface area (Å²) in [6.07, 6.45) is 5.32. The highest BCUT2D eigenvalue weighted by atomic mass is 16.1. The first-order valence-electron chi connectivity index (χ1n) is 6.22. The second kappa shape index (κ2) is 4.83. The van der Waals surface area contributed by atoms with E-state index >= 15 is 0 Å². The molecule has 0 bridgehead atoms. The summed E-state index contributed by atoms with van der Waals surface area (Å²) in [6.45, 7) is 2.98. The fourth-order valence-corrected chi connectivity index (χ4v) is 2.46. The van der Waals surface area contributed by atoms with Crippen molar-refractivity contribution in [2.75, 3.05) is 0 Å². The molecule has 1 heterocycles. The van der Waals surface area contributed by atoms with E-state index in [1.807, 2.05) is 10.6 Å². The van der Waals surface area contributed by atoms with E-state index in [4.69, 9.17) is 5.73 Å². The number of fused-ring (bicyclic) bond motifs is 1. The molecule has 1 aromatic rings. The van der Waals surface area contributed by atoms with Gasteiger partial charge in [0.05, 0.1) is 0 Å². The highest BCUT2D eigenvalue weighted by Crippen LogP contribution is 2.26. The number of nitrogens with zero attached hydrogens (tertiary/aromatic N) is 1. The maximum Gasteiger partial charge on any atom is 0.250 e. The molecule has 0 fully saturated rings. The molecule has 3 heteroatoms. The Morgan fingerprint density at radius 2 is 2.31 bits per heavy atom. The van der Waals surface area contributed by atoms with E-state index in [9.17, 15) is 4.79 Å². The third-order valence-corrected chi connectivity index (χ3v) is 3.39. The molecule has 0 saturated carbocycles. The van der Waals surface area contributed by atoms with Crippen molar-refractivity contribution in [3.63, 3.8) is 0 Å². The summed E-state index contributed by atoms with van der Waals surface area (Å²) in [7, 11) is 0. The molecule has 88 valence electrons. The van der Waals surface area contributed by atoms with E-state index in [1.165, 1.54) is 11.3 Å². The molecular weight excluding hydrogens is 200 g/mol. The van der Waals surface area contributed by atoms with Crippen LogP contribution in [0.1, 0.15) is 49.9 Å². The van der Waals surface area contributed by atoms with E-state index in [1.54, 1.807) is 6.07 Å². The first-order valence-corrected chi connectivity index (χ1v) is 6.22. The van der Waals surface area contributed by atoms with Crippen LogP contribution in [0.3, 0.4) is 0 Å². The summed E-state index contributed by atoms with van der Waals surface area (Å²) in [6, 6.07) is 3.71. The van der Waals surface area contributed by atoms with Crippen molar-refractivity contribution in [2.45, 2.75) is 51.6 Å². The van der Waals surface area contributed by atoms with Gasteiger partial charge in [0.25, 0.3) is 5.56 Å². The third kappa shape index (κ3) is 2.05. The molecule has 1 aromatic heterocycles. The van der Waals surface area contributed by atoms with Crippen LogP contribution in [-0.4, -0.2) is 4.57 Å². The molecule has 1 atom stereocenters. The summed E-state index contributed by atoms with van der Waals surface area (Å²) in [5.41, 5.74) is 8.57. The maximum absolute atomic E-state index is 11.8. The van der Waals surface area contributed by atoms with Crippen LogP contribution in [0.15, 0.2) is 16.9 Å². The number of hydrogen-bond acceptors (Lipinski definition) is 2. The van der Waals surface area contributed by atoms with Crippen LogP contribution in [0.25, 0.3) is 0 Å².